The Hall–Kier alpha value is -1.49. The summed E-state index contributed by atoms with van der Waals surface area (Å²) in [4.78, 5) is 0. The van der Waals surface area contributed by atoms with Crippen molar-refractivity contribution in [3.63, 3.8) is 0 Å². The van der Waals surface area contributed by atoms with Crippen molar-refractivity contribution in [3.05, 3.63) is 17.4 Å². The molecule has 1 aromatic carbocycles. The number of halogens is 1. The fourth-order valence-corrected chi connectivity index (χ4v) is 2.22. The summed E-state index contributed by atoms with van der Waals surface area (Å²) in [5.41, 5.74) is 5.72. The van der Waals surface area contributed by atoms with Gasteiger partial charge < -0.3 is 20.3 Å². The fraction of sp³-hybridized carbons (Fsp3) is 0.500. The number of aromatic hydroxyl groups is 1. The van der Waals surface area contributed by atoms with Gasteiger partial charge in [0.2, 0.25) is 0 Å². The quantitative estimate of drug-likeness (QED) is 0.848. The van der Waals surface area contributed by atoms with E-state index in [4.69, 9.17) is 15.2 Å². The summed E-state index contributed by atoms with van der Waals surface area (Å²) in [6.07, 6.45) is 2.35. The van der Waals surface area contributed by atoms with Crippen LogP contribution in [0.4, 0.5) is 4.39 Å². The number of ether oxygens (including phenoxy) is 2. The van der Waals surface area contributed by atoms with Gasteiger partial charge in [-0.15, -0.1) is 0 Å². The molecule has 0 atom stereocenters. The molecule has 0 amide bonds. The normalized spacial score (nSPS) is 17.4. The lowest BCUT2D eigenvalue weighted by atomic mass is 9.72. The van der Waals surface area contributed by atoms with Crippen LogP contribution in [0.1, 0.15) is 24.8 Å². The Morgan fingerprint density at radius 2 is 2.00 bits per heavy atom. The van der Waals surface area contributed by atoms with Crippen LogP contribution < -0.4 is 15.2 Å². The lowest BCUT2D eigenvalue weighted by Crippen LogP contribution is -2.43. The van der Waals surface area contributed by atoms with Crippen LogP contribution in [0.5, 0.6) is 17.2 Å². The maximum atomic E-state index is 13.6. The minimum Gasteiger partial charge on any atom is -0.504 e. The first-order chi connectivity index (χ1) is 8.03. The molecule has 0 bridgehead atoms. The van der Waals surface area contributed by atoms with E-state index in [9.17, 15) is 9.50 Å². The van der Waals surface area contributed by atoms with Gasteiger partial charge in [0.05, 0.1) is 19.8 Å². The molecule has 17 heavy (non-hydrogen) atoms. The van der Waals surface area contributed by atoms with Crippen molar-refractivity contribution < 1.29 is 19.0 Å². The Morgan fingerprint density at radius 1 is 1.35 bits per heavy atom. The summed E-state index contributed by atoms with van der Waals surface area (Å²) in [6, 6.07) is 1.10. The third kappa shape index (κ3) is 1.70. The van der Waals surface area contributed by atoms with Crippen molar-refractivity contribution in [2.24, 2.45) is 5.73 Å². The molecular weight excluding hydrogens is 225 g/mol. The van der Waals surface area contributed by atoms with Crippen LogP contribution >= 0.6 is 0 Å². The first-order valence-electron chi connectivity index (χ1n) is 5.46. The second kappa shape index (κ2) is 4.07. The Kier molecular flexibility index (Phi) is 2.87. The SMILES string of the molecule is COc1cc(F)c(O)c(C2(N)CCC2)c1OC. The second-order valence-electron chi connectivity index (χ2n) is 4.33. The molecule has 0 radical (unpaired) electrons. The molecule has 4 nitrogen and oxygen atoms in total. The predicted octanol–water partition coefficient (Wildman–Crippen LogP) is 1.89. The predicted molar refractivity (Wildman–Crippen MR) is 60.9 cm³/mol. The number of methoxy groups -OCH3 is 2. The van der Waals surface area contributed by atoms with E-state index in [0.717, 1.165) is 12.5 Å². The van der Waals surface area contributed by atoms with Gasteiger partial charge in [0.25, 0.3) is 0 Å². The lowest BCUT2D eigenvalue weighted by Gasteiger charge is -2.39. The van der Waals surface area contributed by atoms with Crippen LogP contribution in [0.2, 0.25) is 0 Å². The van der Waals surface area contributed by atoms with Crippen LogP contribution in [0.25, 0.3) is 0 Å². The maximum absolute atomic E-state index is 13.6. The zero-order valence-corrected chi connectivity index (χ0v) is 9.92. The third-order valence-electron chi connectivity index (χ3n) is 3.34. The highest BCUT2D eigenvalue weighted by Crippen LogP contribution is 2.50. The van der Waals surface area contributed by atoms with Gasteiger partial charge in [0.15, 0.2) is 23.1 Å². The molecule has 1 aliphatic rings. The van der Waals surface area contributed by atoms with Crippen molar-refractivity contribution in [2.75, 3.05) is 14.2 Å². The number of hydrogen-bond acceptors (Lipinski definition) is 4. The first-order valence-corrected chi connectivity index (χ1v) is 5.46. The molecular formula is C12H16FNO3. The molecule has 0 aliphatic heterocycles. The minimum atomic E-state index is -0.741. The minimum absolute atomic E-state index is 0.245. The number of nitrogens with two attached hydrogens (primary N) is 1. The molecule has 0 aromatic heterocycles. The van der Waals surface area contributed by atoms with E-state index in [-0.39, 0.29) is 5.75 Å². The Balaban J connectivity index is 2.65. The smallest absolute Gasteiger partial charge is 0.169 e. The highest BCUT2D eigenvalue weighted by Gasteiger charge is 2.41. The van der Waals surface area contributed by atoms with Gasteiger partial charge in [-0.05, 0) is 19.3 Å². The van der Waals surface area contributed by atoms with Gasteiger partial charge in [0.1, 0.15) is 0 Å². The van der Waals surface area contributed by atoms with E-state index < -0.39 is 17.1 Å². The van der Waals surface area contributed by atoms with E-state index in [0.29, 0.717) is 24.2 Å². The average Bonchev–Trinajstić information content (AvgIpc) is 2.28. The molecule has 1 saturated carbocycles. The van der Waals surface area contributed by atoms with Gasteiger partial charge in [-0.25, -0.2) is 4.39 Å². The van der Waals surface area contributed by atoms with Crippen molar-refractivity contribution in [1.29, 1.82) is 0 Å². The lowest BCUT2D eigenvalue weighted by molar-refractivity contribution is 0.229. The summed E-state index contributed by atoms with van der Waals surface area (Å²) >= 11 is 0. The third-order valence-corrected chi connectivity index (χ3v) is 3.34. The monoisotopic (exact) mass is 241 g/mol. The molecule has 0 heterocycles. The molecule has 0 saturated heterocycles. The fourth-order valence-electron chi connectivity index (χ4n) is 2.22. The highest BCUT2D eigenvalue weighted by atomic mass is 19.1. The zero-order valence-electron chi connectivity index (χ0n) is 9.92. The van der Waals surface area contributed by atoms with Gasteiger partial charge in [-0.2, -0.15) is 0 Å². The van der Waals surface area contributed by atoms with Crippen molar-refractivity contribution in [1.82, 2.24) is 0 Å². The number of phenolic OH excluding ortho intramolecular Hbond substituents is 1. The number of benzene rings is 1. The van der Waals surface area contributed by atoms with Crippen molar-refractivity contribution in [2.45, 2.75) is 24.8 Å². The van der Waals surface area contributed by atoms with Crippen LogP contribution in [0.3, 0.4) is 0 Å². The molecule has 1 fully saturated rings. The van der Waals surface area contributed by atoms with E-state index in [1.54, 1.807) is 0 Å². The first kappa shape index (κ1) is 12.0. The molecule has 1 aliphatic carbocycles. The van der Waals surface area contributed by atoms with Crippen LogP contribution in [-0.4, -0.2) is 19.3 Å². The van der Waals surface area contributed by atoms with Crippen LogP contribution in [0.15, 0.2) is 6.07 Å². The van der Waals surface area contributed by atoms with Crippen LogP contribution in [-0.2, 0) is 5.54 Å². The van der Waals surface area contributed by atoms with Crippen molar-refractivity contribution in [3.8, 4) is 17.2 Å². The van der Waals surface area contributed by atoms with Gasteiger partial charge in [-0.3, -0.25) is 0 Å². The van der Waals surface area contributed by atoms with E-state index in [1.807, 2.05) is 0 Å². The Labute approximate surface area is 99.1 Å². The number of phenols is 1. The Bertz CT molecular complexity index is 444. The summed E-state index contributed by atoms with van der Waals surface area (Å²) in [5.74, 6) is -0.623. The summed E-state index contributed by atoms with van der Waals surface area (Å²) in [5, 5.41) is 9.84. The van der Waals surface area contributed by atoms with E-state index in [2.05, 4.69) is 0 Å². The van der Waals surface area contributed by atoms with E-state index >= 15 is 0 Å². The molecule has 94 valence electrons. The summed E-state index contributed by atoms with van der Waals surface area (Å²) < 4.78 is 23.8. The van der Waals surface area contributed by atoms with Crippen LogP contribution in [0, 0.1) is 5.82 Å². The molecule has 3 N–H and O–H groups in total. The second-order valence-corrected chi connectivity index (χ2v) is 4.33. The largest absolute Gasteiger partial charge is 0.504 e. The number of hydrogen-bond donors (Lipinski definition) is 2. The summed E-state index contributed by atoms with van der Waals surface area (Å²) in [6.45, 7) is 0. The molecule has 0 unspecified atom stereocenters. The zero-order chi connectivity index (χ0) is 12.6. The topological polar surface area (TPSA) is 64.7 Å². The standard InChI is InChI=1S/C12H16FNO3/c1-16-8-6-7(13)10(15)9(11(8)17-2)12(14)4-3-5-12/h6,15H,3-5,14H2,1-2H3. The van der Waals surface area contributed by atoms with Gasteiger partial charge in [-0.1, -0.05) is 0 Å². The van der Waals surface area contributed by atoms with Gasteiger partial charge >= 0.3 is 0 Å². The van der Waals surface area contributed by atoms with Crippen molar-refractivity contribution >= 4 is 0 Å². The number of rotatable bonds is 3. The average molecular weight is 241 g/mol. The Morgan fingerprint density at radius 3 is 2.41 bits per heavy atom. The maximum Gasteiger partial charge on any atom is 0.169 e. The molecule has 1 aromatic rings. The molecule has 2 rings (SSSR count). The highest BCUT2D eigenvalue weighted by molar-refractivity contribution is 5.57. The molecule has 5 heteroatoms. The molecule has 0 spiro atoms. The van der Waals surface area contributed by atoms with Gasteiger partial charge in [0, 0.05) is 11.6 Å². The summed E-state index contributed by atoms with van der Waals surface area (Å²) in [7, 11) is 2.86. The van der Waals surface area contributed by atoms with E-state index in [1.165, 1.54) is 14.2 Å².